The number of nitrogens with one attached hydrogen (secondary N) is 3. The summed E-state index contributed by atoms with van der Waals surface area (Å²) in [6.07, 6.45) is 4.32. The molecule has 0 unspecified atom stereocenters. The molecule has 10 heteroatoms. The molecule has 0 fully saturated rings. The normalized spacial score (nSPS) is 11.6. The summed E-state index contributed by atoms with van der Waals surface area (Å²) in [5, 5.41) is 12.4. The number of nitrogens with two attached hydrogens (primary N) is 1. The van der Waals surface area contributed by atoms with Crippen molar-refractivity contribution in [1.82, 2.24) is 15.6 Å². The van der Waals surface area contributed by atoms with Crippen LogP contribution in [0.15, 0.2) is 77.8 Å². The lowest BCUT2D eigenvalue weighted by molar-refractivity contribution is -0.126. The lowest BCUT2D eigenvalue weighted by atomic mass is 10.1. The molecule has 0 bridgehead atoms. The first kappa shape index (κ1) is 28.4. The average molecular weight is 553 g/mol. The van der Waals surface area contributed by atoms with Gasteiger partial charge < -0.3 is 20.4 Å². The molecule has 0 aliphatic carbocycles. The van der Waals surface area contributed by atoms with Crippen LogP contribution in [0.5, 0.6) is 0 Å². The minimum Gasteiger partial charge on any atom is -0.367 e. The van der Waals surface area contributed by atoms with Crippen LogP contribution in [-0.4, -0.2) is 39.0 Å². The summed E-state index contributed by atoms with van der Waals surface area (Å²) in [6.45, 7) is 2.26. The number of aryl methyl sites for hydroxylation is 1. The number of carbonyl (C=O) groups excluding carboxylic acids is 1. The van der Waals surface area contributed by atoms with E-state index in [-0.39, 0.29) is 29.8 Å². The van der Waals surface area contributed by atoms with E-state index in [1.165, 1.54) is 29.3 Å². The Hall–Kier alpha value is -3.57. The minimum absolute atomic E-state index is 0.0317. The van der Waals surface area contributed by atoms with Gasteiger partial charge in [-0.2, -0.15) is 0 Å². The molecule has 1 heterocycles. The number of hydrogen-bond donors (Lipinski definition) is 4. The van der Waals surface area contributed by atoms with Gasteiger partial charge >= 0.3 is 0 Å². The van der Waals surface area contributed by atoms with Crippen molar-refractivity contribution < 1.29 is 22.3 Å². The Morgan fingerprint density at radius 2 is 1.64 bits per heavy atom. The fourth-order valence-electron chi connectivity index (χ4n) is 4.23. The highest BCUT2D eigenvalue weighted by Gasteiger charge is 2.11. The summed E-state index contributed by atoms with van der Waals surface area (Å²) < 4.78 is 41.6. The first-order valence-corrected chi connectivity index (χ1v) is 14.3. The predicted octanol–water partition coefficient (Wildman–Crippen LogP) is 3.55. The Morgan fingerprint density at radius 1 is 0.923 bits per heavy atom. The first-order valence-electron chi connectivity index (χ1n) is 12.8. The fourth-order valence-corrected chi connectivity index (χ4v) is 4.77. The Bertz CT molecular complexity index is 1490. The van der Waals surface area contributed by atoms with Crippen LogP contribution in [0.1, 0.15) is 28.7 Å². The van der Waals surface area contributed by atoms with Crippen molar-refractivity contribution in [2.24, 2.45) is 5.14 Å². The number of aromatic amines is 1. The molecule has 206 valence electrons. The summed E-state index contributed by atoms with van der Waals surface area (Å²) in [6, 6.07) is 19.2. The van der Waals surface area contributed by atoms with Crippen molar-refractivity contribution in [3.05, 3.63) is 101 Å². The second-order valence-electron chi connectivity index (χ2n) is 9.38. The lowest BCUT2D eigenvalue weighted by Gasteiger charge is -2.08. The van der Waals surface area contributed by atoms with Crippen molar-refractivity contribution >= 4 is 26.8 Å². The van der Waals surface area contributed by atoms with Crippen LogP contribution in [0.2, 0.25) is 0 Å². The summed E-state index contributed by atoms with van der Waals surface area (Å²) in [7, 11) is -3.74. The molecule has 0 saturated heterocycles. The van der Waals surface area contributed by atoms with E-state index in [2.05, 4.69) is 39.9 Å². The molecular formula is C29H33FN4O4S. The summed E-state index contributed by atoms with van der Waals surface area (Å²) >= 11 is 0. The zero-order valence-corrected chi connectivity index (χ0v) is 22.4. The van der Waals surface area contributed by atoms with Gasteiger partial charge in [-0.25, -0.2) is 17.9 Å². The van der Waals surface area contributed by atoms with Crippen LogP contribution in [0.25, 0.3) is 10.9 Å². The Kier molecular flexibility index (Phi) is 9.83. The number of aromatic nitrogens is 1. The summed E-state index contributed by atoms with van der Waals surface area (Å²) in [5.41, 5.74) is 5.09. The van der Waals surface area contributed by atoms with E-state index in [0.717, 1.165) is 54.4 Å². The van der Waals surface area contributed by atoms with E-state index in [1.54, 1.807) is 24.3 Å². The van der Waals surface area contributed by atoms with Crippen molar-refractivity contribution in [2.75, 3.05) is 19.7 Å². The third-order valence-corrected chi connectivity index (χ3v) is 7.28. The van der Waals surface area contributed by atoms with Crippen molar-refractivity contribution in [1.29, 1.82) is 0 Å². The van der Waals surface area contributed by atoms with Gasteiger partial charge in [-0.3, -0.25) is 4.79 Å². The number of sulfonamides is 1. The van der Waals surface area contributed by atoms with Crippen LogP contribution in [-0.2, 0) is 45.5 Å². The Morgan fingerprint density at radius 3 is 2.38 bits per heavy atom. The third kappa shape index (κ3) is 8.72. The average Bonchev–Trinajstić information content (AvgIpc) is 3.33. The maximum absolute atomic E-state index is 12.9. The number of amides is 1. The van der Waals surface area contributed by atoms with E-state index >= 15 is 0 Å². The molecule has 1 aromatic heterocycles. The highest BCUT2D eigenvalue weighted by Crippen LogP contribution is 2.22. The van der Waals surface area contributed by atoms with E-state index in [0.29, 0.717) is 6.54 Å². The molecule has 8 nitrogen and oxygen atoms in total. The van der Waals surface area contributed by atoms with Gasteiger partial charge in [0.25, 0.3) is 0 Å². The number of fused-ring (bicyclic) bond motifs is 1. The van der Waals surface area contributed by atoms with Gasteiger partial charge in [-0.15, -0.1) is 0 Å². The first-order chi connectivity index (χ1) is 18.8. The zero-order chi connectivity index (χ0) is 27.7. The van der Waals surface area contributed by atoms with Crippen molar-refractivity contribution in [3.63, 3.8) is 0 Å². The van der Waals surface area contributed by atoms with Crippen molar-refractivity contribution in [3.8, 4) is 0 Å². The van der Waals surface area contributed by atoms with Crippen LogP contribution in [0.4, 0.5) is 4.39 Å². The maximum Gasteiger partial charge on any atom is 0.246 e. The van der Waals surface area contributed by atoms with Crippen LogP contribution in [0.3, 0.4) is 0 Å². The van der Waals surface area contributed by atoms with Gasteiger partial charge in [0, 0.05) is 30.2 Å². The maximum atomic E-state index is 12.9. The molecule has 4 aromatic rings. The molecule has 0 radical (unpaired) electrons. The second kappa shape index (κ2) is 13.5. The minimum atomic E-state index is -3.74. The van der Waals surface area contributed by atoms with Crippen LogP contribution < -0.4 is 15.8 Å². The monoisotopic (exact) mass is 552 g/mol. The molecule has 1 amide bonds. The molecule has 0 spiro atoms. The van der Waals surface area contributed by atoms with Gasteiger partial charge in [0.05, 0.1) is 11.5 Å². The van der Waals surface area contributed by atoms with E-state index in [9.17, 15) is 17.6 Å². The Labute approximate surface area is 227 Å². The number of hydrogen-bond acceptors (Lipinski definition) is 5. The molecule has 0 saturated carbocycles. The van der Waals surface area contributed by atoms with Gasteiger partial charge in [0.1, 0.15) is 12.4 Å². The summed E-state index contributed by atoms with van der Waals surface area (Å²) in [4.78, 5) is 15.2. The quantitative estimate of drug-likeness (QED) is 0.178. The number of ether oxygens (including phenoxy) is 1. The lowest BCUT2D eigenvalue weighted by Crippen LogP contribution is -2.28. The zero-order valence-electron chi connectivity index (χ0n) is 21.6. The predicted molar refractivity (Wildman–Crippen MR) is 149 cm³/mol. The molecule has 39 heavy (non-hydrogen) atoms. The van der Waals surface area contributed by atoms with E-state index in [1.807, 2.05) is 6.20 Å². The molecule has 5 N–H and O–H groups in total. The molecule has 3 aromatic carbocycles. The highest BCUT2D eigenvalue weighted by molar-refractivity contribution is 7.89. The summed E-state index contributed by atoms with van der Waals surface area (Å²) in [5.74, 6) is -0.470. The van der Waals surface area contributed by atoms with E-state index < -0.39 is 10.0 Å². The third-order valence-electron chi connectivity index (χ3n) is 6.37. The molecule has 0 aliphatic heterocycles. The number of carbonyl (C=O) groups is 1. The Balaban J connectivity index is 1.11. The van der Waals surface area contributed by atoms with E-state index in [4.69, 9.17) is 9.88 Å². The number of benzene rings is 3. The van der Waals surface area contributed by atoms with Crippen molar-refractivity contribution in [2.45, 2.75) is 37.3 Å². The fraction of sp³-hybridized carbons (Fsp3) is 0.276. The smallest absolute Gasteiger partial charge is 0.246 e. The topological polar surface area (TPSA) is 126 Å². The number of halogens is 1. The standard InChI is InChI=1S/C29H33FN4O4S/c30-25-9-7-23(8-10-25)19-38-20-29(35)33-14-1-2-21-3-5-22(6-4-21)17-32-15-13-24-18-34-28-12-11-26(16-27(24)28)39(31,36)37/h3-12,16,18,32,34H,1-2,13-15,17,19-20H2,(H,33,35)(H2,31,36,37). The molecule has 0 atom stereocenters. The number of rotatable bonds is 14. The second-order valence-corrected chi connectivity index (χ2v) is 10.9. The molecule has 4 rings (SSSR count). The number of primary sulfonamides is 1. The van der Waals surface area contributed by atoms with Gasteiger partial charge in [-0.05, 0) is 78.4 Å². The highest BCUT2D eigenvalue weighted by atomic mass is 32.2. The molecule has 0 aliphatic rings. The number of H-pyrrole nitrogens is 1. The largest absolute Gasteiger partial charge is 0.367 e. The van der Waals surface area contributed by atoms with Gasteiger partial charge in [0.2, 0.25) is 15.9 Å². The van der Waals surface area contributed by atoms with Gasteiger partial charge in [0.15, 0.2) is 0 Å². The van der Waals surface area contributed by atoms with Gasteiger partial charge in [-0.1, -0.05) is 36.4 Å². The SMILES string of the molecule is NS(=O)(=O)c1ccc2[nH]cc(CCNCc3ccc(CCCNC(=O)COCc4ccc(F)cc4)cc3)c2c1. The van der Waals surface area contributed by atoms with Crippen LogP contribution >= 0.6 is 0 Å². The molecular weight excluding hydrogens is 519 g/mol. The van der Waals surface area contributed by atoms with Crippen LogP contribution in [0, 0.1) is 5.82 Å².